The summed E-state index contributed by atoms with van der Waals surface area (Å²) in [5.41, 5.74) is 5.89. The zero-order valence-corrected chi connectivity index (χ0v) is 7.42. The number of hydrogen-bond acceptors (Lipinski definition) is 1. The zero-order valence-electron chi connectivity index (χ0n) is 7.42. The first kappa shape index (κ1) is 8.79. The minimum atomic E-state index is 0.453. The first-order valence-corrected chi connectivity index (χ1v) is 4.75. The molecule has 1 aliphatic carbocycles. The molecule has 0 bridgehead atoms. The summed E-state index contributed by atoms with van der Waals surface area (Å²) < 4.78 is 0. The van der Waals surface area contributed by atoms with Gasteiger partial charge in [-0.15, -0.1) is 0 Å². The minimum Gasteiger partial charge on any atom is -0.328 e. The van der Waals surface area contributed by atoms with Crippen LogP contribution in [-0.2, 0) is 0 Å². The van der Waals surface area contributed by atoms with Crippen molar-refractivity contribution in [2.75, 3.05) is 0 Å². The molecule has 0 saturated heterocycles. The molecule has 64 valence electrons. The highest BCUT2D eigenvalue weighted by Gasteiger charge is 2.08. The van der Waals surface area contributed by atoms with Crippen LogP contribution in [0.25, 0.3) is 0 Å². The Balaban J connectivity index is 2.39. The number of nitrogens with two attached hydrogens (primary N) is 1. The summed E-state index contributed by atoms with van der Waals surface area (Å²) in [5, 5.41) is 0. The lowest BCUT2D eigenvalue weighted by molar-refractivity contribution is 0.465. The highest BCUT2D eigenvalue weighted by atomic mass is 14.6. The summed E-state index contributed by atoms with van der Waals surface area (Å²) in [5.74, 6) is 0.793. The Morgan fingerprint density at radius 3 is 2.91 bits per heavy atom. The molecule has 0 fully saturated rings. The third kappa shape index (κ3) is 3.06. The monoisotopic (exact) mass is 153 g/mol. The van der Waals surface area contributed by atoms with Crippen LogP contribution in [0.15, 0.2) is 12.2 Å². The Bertz CT molecular complexity index is 129. The molecule has 11 heavy (non-hydrogen) atoms. The number of allylic oxidation sites excluding steroid dienone is 2. The molecular weight excluding hydrogens is 134 g/mol. The lowest BCUT2D eigenvalue weighted by Gasteiger charge is -2.17. The van der Waals surface area contributed by atoms with Gasteiger partial charge in [0, 0.05) is 6.04 Å². The molecule has 0 aliphatic heterocycles. The van der Waals surface area contributed by atoms with Gasteiger partial charge in [0.2, 0.25) is 0 Å². The van der Waals surface area contributed by atoms with Crippen LogP contribution in [0, 0.1) is 5.92 Å². The van der Waals surface area contributed by atoms with Gasteiger partial charge in [0.15, 0.2) is 0 Å². The maximum Gasteiger partial charge on any atom is 0.00419 e. The largest absolute Gasteiger partial charge is 0.328 e. The molecule has 2 unspecified atom stereocenters. The SMILES string of the molecule is CCC1/C=C\CCC(N)CC1. The summed E-state index contributed by atoms with van der Waals surface area (Å²) in [6, 6.07) is 0.453. The summed E-state index contributed by atoms with van der Waals surface area (Å²) >= 11 is 0. The van der Waals surface area contributed by atoms with E-state index in [1.54, 1.807) is 0 Å². The number of hydrogen-bond donors (Lipinski definition) is 1. The summed E-state index contributed by atoms with van der Waals surface area (Å²) in [4.78, 5) is 0. The molecular formula is C10H19N. The predicted molar refractivity (Wildman–Crippen MR) is 49.4 cm³/mol. The molecule has 2 N–H and O–H groups in total. The average molecular weight is 153 g/mol. The van der Waals surface area contributed by atoms with E-state index in [0.717, 1.165) is 5.92 Å². The van der Waals surface area contributed by atoms with Crippen molar-refractivity contribution >= 4 is 0 Å². The van der Waals surface area contributed by atoms with Crippen molar-refractivity contribution in [3.05, 3.63) is 12.2 Å². The molecule has 0 aromatic rings. The second kappa shape index (κ2) is 4.55. The summed E-state index contributed by atoms with van der Waals surface area (Å²) in [6.07, 6.45) is 10.8. The van der Waals surface area contributed by atoms with E-state index in [4.69, 9.17) is 5.73 Å². The van der Waals surface area contributed by atoms with Gasteiger partial charge < -0.3 is 5.73 Å². The second-order valence-corrected chi connectivity index (χ2v) is 3.51. The van der Waals surface area contributed by atoms with Crippen molar-refractivity contribution in [2.45, 2.75) is 45.1 Å². The average Bonchev–Trinajstić information content (AvgIpc) is 1.98. The van der Waals surface area contributed by atoms with Gasteiger partial charge in [0.1, 0.15) is 0 Å². The molecule has 0 aromatic heterocycles. The second-order valence-electron chi connectivity index (χ2n) is 3.51. The van der Waals surface area contributed by atoms with E-state index in [1.165, 1.54) is 32.1 Å². The molecule has 0 heterocycles. The van der Waals surface area contributed by atoms with Crippen molar-refractivity contribution in [3.63, 3.8) is 0 Å². The Morgan fingerprint density at radius 2 is 2.18 bits per heavy atom. The molecule has 0 radical (unpaired) electrons. The molecule has 0 saturated carbocycles. The van der Waals surface area contributed by atoms with Crippen molar-refractivity contribution in [2.24, 2.45) is 11.7 Å². The van der Waals surface area contributed by atoms with Gasteiger partial charge in [0.05, 0.1) is 0 Å². The third-order valence-corrected chi connectivity index (χ3v) is 2.54. The topological polar surface area (TPSA) is 26.0 Å². The van der Waals surface area contributed by atoms with Gasteiger partial charge >= 0.3 is 0 Å². The molecule has 1 heteroatoms. The summed E-state index contributed by atoms with van der Waals surface area (Å²) in [7, 11) is 0. The van der Waals surface area contributed by atoms with Crippen LogP contribution in [0.2, 0.25) is 0 Å². The third-order valence-electron chi connectivity index (χ3n) is 2.54. The van der Waals surface area contributed by atoms with Crippen LogP contribution < -0.4 is 5.73 Å². The maximum atomic E-state index is 5.89. The first-order chi connectivity index (χ1) is 5.33. The van der Waals surface area contributed by atoms with Crippen LogP contribution in [0.5, 0.6) is 0 Å². The molecule has 0 spiro atoms. The van der Waals surface area contributed by atoms with Crippen LogP contribution >= 0.6 is 0 Å². The fourth-order valence-electron chi connectivity index (χ4n) is 1.61. The van der Waals surface area contributed by atoms with E-state index >= 15 is 0 Å². The molecule has 1 aliphatic rings. The lowest BCUT2D eigenvalue weighted by Crippen LogP contribution is -2.21. The first-order valence-electron chi connectivity index (χ1n) is 4.75. The Hall–Kier alpha value is -0.300. The van der Waals surface area contributed by atoms with Gasteiger partial charge in [-0.1, -0.05) is 19.1 Å². The van der Waals surface area contributed by atoms with Crippen molar-refractivity contribution < 1.29 is 0 Å². The Morgan fingerprint density at radius 1 is 1.36 bits per heavy atom. The number of rotatable bonds is 1. The van der Waals surface area contributed by atoms with Gasteiger partial charge in [-0.05, 0) is 38.0 Å². The van der Waals surface area contributed by atoms with Crippen LogP contribution in [0.1, 0.15) is 39.0 Å². The van der Waals surface area contributed by atoms with Crippen LogP contribution in [-0.4, -0.2) is 6.04 Å². The van der Waals surface area contributed by atoms with E-state index < -0.39 is 0 Å². The highest BCUT2D eigenvalue weighted by molar-refractivity contribution is 4.91. The molecule has 0 amide bonds. The van der Waals surface area contributed by atoms with Crippen LogP contribution in [0.4, 0.5) is 0 Å². The van der Waals surface area contributed by atoms with Crippen molar-refractivity contribution in [1.82, 2.24) is 0 Å². The van der Waals surface area contributed by atoms with Gasteiger partial charge in [0.25, 0.3) is 0 Å². The van der Waals surface area contributed by atoms with Gasteiger partial charge in [-0.2, -0.15) is 0 Å². The molecule has 1 nitrogen and oxygen atoms in total. The quantitative estimate of drug-likeness (QED) is 0.575. The summed E-state index contributed by atoms with van der Waals surface area (Å²) in [6.45, 7) is 2.25. The lowest BCUT2D eigenvalue weighted by atomic mass is 9.92. The molecule has 0 aromatic carbocycles. The minimum absolute atomic E-state index is 0.453. The Kier molecular flexibility index (Phi) is 3.64. The molecule has 2 atom stereocenters. The normalized spacial score (nSPS) is 35.8. The van der Waals surface area contributed by atoms with Gasteiger partial charge in [-0.3, -0.25) is 0 Å². The Labute approximate surface area is 69.7 Å². The van der Waals surface area contributed by atoms with Crippen molar-refractivity contribution in [3.8, 4) is 0 Å². The molecule has 1 rings (SSSR count). The van der Waals surface area contributed by atoms with E-state index in [2.05, 4.69) is 19.1 Å². The maximum absolute atomic E-state index is 5.89. The smallest absolute Gasteiger partial charge is 0.00419 e. The highest BCUT2D eigenvalue weighted by Crippen LogP contribution is 2.18. The fourth-order valence-corrected chi connectivity index (χ4v) is 1.61. The van der Waals surface area contributed by atoms with Gasteiger partial charge in [-0.25, -0.2) is 0 Å². The van der Waals surface area contributed by atoms with E-state index in [9.17, 15) is 0 Å². The standard InChI is InChI=1S/C10H19N/c1-2-9-5-3-4-6-10(11)8-7-9/h3,5,9-10H,2,4,6-8,11H2,1H3/b5-3-. The van der Waals surface area contributed by atoms with E-state index in [1.807, 2.05) is 0 Å². The fraction of sp³-hybridized carbons (Fsp3) is 0.800. The zero-order chi connectivity index (χ0) is 8.10. The predicted octanol–water partition coefficient (Wildman–Crippen LogP) is 2.47. The van der Waals surface area contributed by atoms with E-state index in [0.29, 0.717) is 6.04 Å². The van der Waals surface area contributed by atoms with E-state index in [-0.39, 0.29) is 0 Å². The van der Waals surface area contributed by atoms with Crippen molar-refractivity contribution in [1.29, 1.82) is 0 Å². The van der Waals surface area contributed by atoms with Crippen LogP contribution in [0.3, 0.4) is 0 Å².